The van der Waals surface area contributed by atoms with Crippen LogP contribution in [-0.2, 0) is 11.3 Å². The second-order valence-corrected chi connectivity index (χ2v) is 6.20. The van der Waals surface area contributed by atoms with Gasteiger partial charge in [-0.05, 0) is 31.4 Å². The van der Waals surface area contributed by atoms with E-state index in [1.165, 1.54) is 5.56 Å². The smallest absolute Gasteiger partial charge is 0.224 e. The van der Waals surface area contributed by atoms with Crippen molar-refractivity contribution in [2.24, 2.45) is 17.6 Å². The average molecular weight is 289 g/mol. The number of carbonyl (C=O) groups excluding carboxylic acids is 1. The van der Waals surface area contributed by atoms with Gasteiger partial charge in [0, 0.05) is 31.6 Å². The summed E-state index contributed by atoms with van der Waals surface area (Å²) in [5, 5.41) is 3.11. The zero-order valence-electron chi connectivity index (χ0n) is 13.1. The van der Waals surface area contributed by atoms with E-state index < -0.39 is 0 Å². The third-order valence-electron chi connectivity index (χ3n) is 4.44. The molecule has 0 saturated carbocycles. The predicted molar refractivity (Wildman–Crippen MR) is 85.6 cm³/mol. The van der Waals surface area contributed by atoms with Gasteiger partial charge in [-0.25, -0.2) is 0 Å². The van der Waals surface area contributed by atoms with Crippen molar-refractivity contribution in [3.8, 4) is 0 Å². The van der Waals surface area contributed by atoms with E-state index in [0.29, 0.717) is 12.5 Å². The van der Waals surface area contributed by atoms with Crippen LogP contribution in [0.15, 0.2) is 30.3 Å². The molecule has 0 aromatic heterocycles. The largest absolute Gasteiger partial charge is 0.353 e. The normalized spacial score (nSPS) is 22.0. The van der Waals surface area contributed by atoms with Crippen LogP contribution >= 0.6 is 0 Å². The van der Waals surface area contributed by atoms with Crippen LogP contribution in [0.4, 0.5) is 0 Å². The van der Waals surface area contributed by atoms with E-state index in [4.69, 9.17) is 5.73 Å². The van der Waals surface area contributed by atoms with Gasteiger partial charge >= 0.3 is 0 Å². The van der Waals surface area contributed by atoms with Crippen LogP contribution in [0.1, 0.15) is 25.8 Å². The third kappa shape index (κ3) is 4.55. The molecule has 1 fully saturated rings. The van der Waals surface area contributed by atoms with Crippen molar-refractivity contribution < 1.29 is 4.79 Å². The van der Waals surface area contributed by atoms with Crippen molar-refractivity contribution >= 4 is 5.91 Å². The molecule has 3 atom stereocenters. The first-order valence-electron chi connectivity index (χ1n) is 7.87. The average Bonchev–Trinajstić information content (AvgIpc) is 2.96. The molecule has 1 aromatic carbocycles. The van der Waals surface area contributed by atoms with E-state index >= 15 is 0 Å². The topological polar surface area (TPSA) is 58.4 Å². The van der Waals surface area contributed by atoms with Gasteiger partial charge in [-0.1, -0.05) is 37.3 Å². The van der Waals surface area contributed by atoms with Gasteiger partial charge < -0.3 is 11.1 Å². The number of amides is 1. The first-order valence-corrected chi connectivity index (χ1v) is 7.87. The Kier molecular flexibility index (Phi) is 5.76. The molecular formula is C17H27N3O. The maximum Gasteiger partial charge on any atom is 0.224 e. The molecule has 0 bridgehead atoms. The molecule has 1 amide bonds. The summed E-state index contributed by atoms with van der Waals surface area (Å²) >= 11 is 0. The van der Waals surface area contributed by atoms with E-state index in [-0.39, 0.29) is 17.9 Å². The lowest BCUT2D eigenvalue weighted by Crippen LogP contribution is -2.43. The van der Waals surface area contributed by atoms with Gasteiger partial charge in [0.05, 0.1) is 0 Å². The molecule has 4 heteroatoms. The summed E-state index contributed by atoms with van der Waals surface area (Å²) in [6.45, 7) is 7.54. The first-order chi connectivity index (χ1) is 10.1. The standard InChI is InChI=1S/C17H27N3O/c1-13(10-18)17(21)19-14(2)16-8-9-20(12-16)11-15-6-4-3-5-7-15/h3-7,13-14,16H,8-12,18H2,1-2H3,(H,19,21). The van der Waals surface area contributed by atoms with E-state index in [2.05, 4.69) is 41.4 Å². The van der Waals surface area contributed by atoms with Gasteiger partial charge in [0.25, 0.3) is 0 Å². The van der Waals surface area contributed by atoms with Gasteiger partial charge in [-0.15, -0.1) is 0 Å². The molecule has 0 spiro atoms. The fourth-order valence-corrected chi connectivity index (χ4v) is 2.85. The minimum Gasteiger partial charge on any atom is -0.353 e. The molecule has 2 rings (SSSR count). The van der Waals surface area contributed by atoms with Crippen LogP contribution < -0.4 is 11.1 Å². The van der Waals surface area contributed by atoms with E-state index in [1.54, 1.807) is 0 Å². The predicted octanol–water partition coefficient (Wildman–Crippen LogP) is 1.61. The Balaban J connectivity index is 1.80. The Morgan fingerprint density at radius 2 is 2.10 bits per heavy atom. The summed E-state index contributed by atoms with van der Waals surface area (Å²) in [7, 11) is 0. The number of nitrogens with two attached hydrogens (primary N) is 1. The minimum absolute atomic E-state index is 0.0755. The highest BCUT2D eigenvalue weighted by molar-refractivity contribution is 5.78. The monoisotopic (exact) mass is 289 g/mol. The molecule has 0 radical (unpaired) electrons. The van der Waals surface area contributed by atoms with Crippen LogP contribution in [0, 0.1) is 11.8 Å². The molecule has 1 heterocycles. The molecule has 1 aliphatic heterocycles. The van der Waals surface area contributed by atoms with Crippen LogP contribution in [-0.4, -0.2) is 36.5 Å². The SMILES string of the molecule is CC(CN)C(=O)NC(C)C1CCN(Cc2ccccc2)C1. The van der Waals surface area contributed by atoms with Gasteiger partial charge in [0.2, 0.25) is 5.91 Å². The fourth-order valence-electron chi connectivity index (χ4n) is 2.85. The summed E-state index contributed by atoms with van der Waals surface area (Å²) in [5.41, 5.74) is 6.89. The molecule has 4 nitrogen and oxygen atoms in total. The fraction of sp³-hybridized carbons (Fsp3) is 0.588. The zero-order chi connectivity index (χ0) is 15.2. The highest BCUT2D eigenvalue weighted by Gasteiger charge is 2.28. The van der Waals surface area contributed by atoms with Crippen molar-refractivity contribution in [3.05, 3.63) is 35.9 Å². The Hall–Kier alpha value is -1.39. The second-order valence-electron chi connectivity index (χ2n) is 6.20. The number of rotatable bonds is 6. The second kappa shape index (κ2) is 7.57. The van der Waals surface area contributed by atoms with Crippen LogP contribution in [0.2, 0.25) is 0 Å². The number of benzene rings is 1. The van der Waals surface area contributed by atoms with Gasteiger partial charge in [-0.2, -0.15) is 0 Å². The summed E-state index contributed by atoms with van der Waals surface area (Å²) in [6, 6.07) is 10.8. The van der Waals surface area contributed by atoms with Crippen molar-refractivity contribution in [1.29, 1.82) is 0 Å². The Bertz CT molecular complexity index is 449. The maximum atomic E-state index is 11.9. The highest BCUT2D eigenvalue weighted by Crippen LogP contribution is 2.21. The van der Waals surface area contributed by atoms with Crippen molar-refractivity contribution in [1.82, 2.24) is 10.2 Å². The first kappa shape index (κ1) is 16.0. The van der Waals surface area contributed by atoms with Crippen molar-refractivity contribution in [2.75, 3.05) is 19.6 Å². The molecule has 21 heavy (non-hydrogen) atoms. The molecule has 1 aromatic rings. The molecule has 116 valence electrons. The number of nitrogens with zero attached hydrogens (tertiary/aromatic N) is 1. The number of nitrogens with one attached hydrogen (secondary N) is 1. The summed E-state index contributed by atoms with van der Waals surface area (Å²) in [4.78, 5) is 14.4. The van der Waals surface area contributed by atoms with E-state index in [1.807, 2.05) is 13.0 Å². The lowest BCUT2D eigenvalue weighted by Gasteiger charge is -2.23. The third-order valence-corrected chi connectivity index (χ3v) is 4.44. The van der Waals surface area contributed by atoms with Crippen LogP contribution in [0.25, 0.3) is 0 Å². The van der Waals surface area contributed by atoms with Crippen molar-refractivity contribution in [2.45, 2.75) is 32.9 Å². The molecule has 3 N–H and O–H groups in total. The molecular weight excluding hydrogens is 262 g/mol. The highest BCUT2D eigenvalue weighted by atomic mass is 16.1. The summed E-state index contributed by atoms with van der Waals surface area (Å²) in [5.74, 6) is 0.503. The lowest BCUT2D eigenvalue weighted by atomic mass is 9.99. The molecule has 0 aliphatic carbocycles. The number of carbonyl (C=O) groups is 1. The summed E-state index contributed by atoms with van der Waals surface area (Å²) < 4.78 is 0. The Morgan fingerprint density at radius 3 is 2.76 bits per heavy atom. The van der Waals surface area contributed by atoms with Crippen LogP contribution in [0.5, 0.6) is 0 Å². The van der Waals surface area contributed by atoms with Crippen LogP contribution in [0.3, 0.4) is 0 Å². The molecule has 1 aliphatic rings. The van der Waals surface area contributed by atoms with E-state index in [9.17, 15) is 4.79 Å². The Morgan fingerprint density at radius 1 is 1.38 bits per heavy atom. The maximum absolute atomic E-state index is 11.9. The zero-order valence-corrected chi connectivity index (χ0v) is 13.1. The molecule has 1 saturated heterocycles. The Labute approximate surface area is 127 Å². The number of hydrogen-bond acceptors (Lipinski definition) is 3. The summed E-state index contributed by atoms with van der Waals surface area (Å²) in [6.07, 6.45) is 1.14. The molecule has 3 unspecified atom stereocenters. The van der Waals surface area contributed by atoms with Gasteiger partial charge in [0.1, 0.15) is 0 Å². The van der Waals surface area contributed by atoms with Crippen molar-refractivity contribution in [3.63, 3.8) is 0 Å². The quantitative estimate of drug-likeness (QED) is 0.836. The van der Waals surface area contributed by atoms with Gasteiger partial charge in [0.15, 0.2) is 0 Å². The number of likely N-dealkylation sites (tertiary alicyclic amines) is 1. The van der Waals surface area contributed by atoms with Gasteiger partial charge in [-0.3, -0.25) is 9.69 Å². The minimum atomic E-state index is -0.103. The number of hydrogen-bond donors (Lipinski definition) is 2. The van der Waals surface area contributed by atoms with E-state index in [0.717, 1.165) is 26.1 Å². The lowest BCUT2D eigenvalue weighted by molar-refractivity contribution is -0.125.